The Bertz CT molecular complexity index is 259. The predicted molar refractivity (Wildman–Crippen MR) is 66.9 cm³/mol. The van der Waals surface area contributed by atoms with Crippen molar-refractivity contribution in [2.75, 3.05) is 19.8 Å². The molecule has 1 fully saturated rings. The first-order chi connectivity index (χ1) is 7.46. The summed E-state index contributed by atoms with van der Waals surface area (Å²) in [6, 6.07) is 0. The van der Waals surface area contributed by atoms with Crippen molar-refractivity contribution >= 4 is 19.0 Å². The Morgan fingerprint density at radius 1 is 1.50 bits per heavy atom. The molecule has 4 nitrogen and oxygen atoms in total. The first-order valence-electron chi connectivity index (χ1n) is 5.69. The SMILES string of the molecule is CCOP(=O)(S)OCC1OCCC1C(C)C. The van der Waals surface area contributed by atoms with Gasteiger partial charge in [-0.1, -0.05) is 26.1 Å². The van der Waals surface area contributed by atoms with Gasteiger partial charge in [0.1, 0.15) is 0 Å². The standard InChI is InChI=1S/C10H21O4PS/c1-4-13-15(11,16)14-7-10-9(8(2)3)5-6-12-10/h8-10H,4-7H2,1-3H3,(H,11,16). The molecule has 0 amide bonds. The van der Waals surface area contributed by atoms with Crippen LogP contribution in [0, 0.1) is 11.8 Å². The maximum absolute atomic E-state index is 11.6. The number of ether oxygens (including phenoxy) is 1. The quantitative estimate of drug-likeness (QED) is 0.593. The summed E-state index contributed by atoms with van der Waals surface area (Å²) in [5.41, 5.74) is 0. The number of hydrogen-bond donors (Lipinski definition) is 1. The fourth-order valence-electron chi connectivity index (χ4n) is 1.97. The van der Waals surface area contributed by atoms with Gasteiger partial charge in [-0.05, 0) is 25.2 Å². The number of hydrogen-bond acceptors (Lipinski definition) is 4. The van der Waals surface area contributed by atoms with E-state index in [0.29, 0.717) is 25.0 Å². The van der Waals surface area contributed by atoms with Crippen molar-refractivity contribution in [1.29, 1.82) is 0 Å². The molecule has 1 heterocycles. The summed E-state index contributed by atoms with van der Waals surface area (Å²) in [7, 11) is 0. The van der Waals surface area contributed by atoms with Gasteiger partial charge in [0.05, 0.1) is 19.3 Å². The molecule has 1 aliphatic rings. The molecule has 3 unspecified atom stereocenters. The first kappa shape index (κ1) is 14.5. The maximum atomic E-state index is 11.6. The molecule has 3 atom stereocenters. The van der Waals surface area contributed by atoms with Crippen molar-refractivity contribution in [2.24, 2.45) is 11.8 Å². The van der Waals surface area contributed by atoms with Crippen LogP contribution in [0.1, 0.15) is 27.2 Å². The average Bonchev–Trinajstić information content (AvgIpc) is 2.62. The number of rotatable bonds is 6. The third-order valence-corrected chi connectivity index (χ3v) is 4.56. The van der Waals surface area contributed by atoms with Gasteiger partial charge in [-0.2, -0.15) is 0 Å². The van der Waals surface area contributed by atoms with Crippen molar-refractivity contribution < 1.29 is 18.3 Å². The molecule has 16 heavy (non-hydrogen) atoms. The molecule has 0 aromatic heterocycles. The van der Waals surface area contributed by atoms with Crippen LogP contribution in [0.5, 0.6) is 0 Å². The van der Waals surface area contributed by atoms with Crippen molar-refractivity contribution in [3.8, 4) is 0 Å². The van der Waals surface area contributed by atoms with Crippen LogP contribution in [0.2, 0.25) is 0 Å². The first-order valence-corrected chi connectivity index (χ1v) is 8.39. The van der Waals surface area contributed by atoms with Crippen LogP contribution in [0.3, 0.4) is 0 Å². The highest BCUT2D eigenvalue weighted by atomic mass is 32.7. The van der Waals surface area contributed by atoms with E-state index >= 15 is 0 Å². The smallest absolute Gasteiger partial charge is 0.375 e. The van der Waals surface area contributed by atoms with E-state index in [9.17, 15) is 4.57 Å². The van der Waals surface area contributed by atoms with Gasteiger partial charge >= 0.3 is 6.80 Å². The third-order valence-electron chi connectivity index (χ3n) is 2.81. The van der Waals surface area contributed by atoms with Crippen LogP contribution >= 0.6 is 19.0 Å². The van der Waals surface area contributed by atoms with Crippen molar-refractivity contribution in [2.45, 2.75) is 33.3 Å². The van der Waals surface area contributed by atoms with E-state index in [1.54, 1.807) is 6.92 Å². The van der Waals surface area contributed by atoms with Crippen LogP contribution < -0.4 is 0 Å². The van der Waals surface area contributed by atoms with E-state index in [1.807, 2.05) is 0 Å². The molecule has 0 saturated carbocycles. The minimum atomic E-state index is -3.19. The predicted octanol–water partition coefficient (Wildman–Crippen LogP) is 3.14. The monoisotopic (exact) mass is 268 g/mol. The highest BCUT2D eigenvalue weighted by Crippen LogP contribution is 2.53. The molecule has 96 valence electrons. The normalized spacial score (nSPS) is 29.6. The molecule has 0 N–H and O–H groups in total. The highest BCUT2D eigenvalue weighted by Gasteiger charge is 2.32. The molecular formula is C10H21O4PS. The molecule has 0 aromatic rings. The van der Waals surface area contributed by atoms with Crippen LogP contribution in [0.25, 0.3) is 0 Å². The van der Waals surface area contributed by atoms with Gasteiger partial charge < -0.3 is 9.26 Å². The molecule has 1 aliphatic heterocycles. The molecule has 1 saturated heterocycles. The Labute approximate surface area is 103 Å². The molecule has 6 heteroatoms. The summed E-state index contributed by atoms with van der Waals surface area (Å²) >= 11 is 3.88. The van der Waals surface area contributed by atoms with E-state index < -0.39 is 6.80 Å². The van der Waals surface area contributed by atoms with Gasteiger partial charge in [0, 0.05) is 6.61 Å². The van der Waals surface area contributed by atoms with Gasteiger partial charge in [0.2, 0.25) is 0 Å². The molecule has 0 aromatic carbocycles. The van der Waals surface area contributed by atoms with Crippen LogP contribution in [0.15, 0.2) is 0 Å². The van der Waals surface area contributed by atoms with Gasteiger partial charge in [0.25, 0.3) is 0 Å². The zero-order valence-electron chi connectivity index (χ0n) is 10.1. The van der Waals surface area contributed by atoms with E-state index in [4.69, 9.17) is 13.8 Å². The fourth-order valence-corrected chi connectivity index (χ4v) is 3.25. The summed E-state index contributed by atoms with van der Waals surface area (Å²) in [5.74, 6) is 1.01. The average molecular weight is 268 g/mol. The van der Waals surface area contributed by atoms with Crippen molar-refractivity contribution in [1.82, 2.24) is 0 Å². The van der Waals surface area contributed by atoms with Crippen molar-refractivity contribution in [3.05, 3.63) is 0 Å². The van der Waals surface area contributed by atoms with E-state index in [2.05, 4.69) is 26.1 Å². The molecule has 0 aliphatic carbocycles. The number of thiol groups is 1. The molecular weight excluding hydrogens is 247 g/mol. The summed E-state index contributed by atoms with van der Waals surface area (Å²) in [6.07, 6.45) is 1.05. The maximum Gasteiger partial charge on any atom is 0.386 e. The second-order valence-electron chi connectivity index (χ2n) is 4.29. The summed E-state index contributed by atoms with van der Waals surface area (Å²) in [6.45, 7) is 4.28. The lowest BCUT2D eigenvalue weighted by Gasteiger charge is -2.22. The topological polar surface area (TPSA) is 44.8 Å². The Balaban J connectivity index is 2.40. The highest BCUT2D eigenvalue weighted by molar-refractivity contribution is 8.44. The van der Waals surface area contributed by atoms with Gasteiger partial charge in [-0.3, -0.25) is 4.52 Å². The second-order valence-corrected chi connectivity index (χ2v) is 7.21. The van der Waals surface area contributed by atoms with E-state index in [-0.39, 0.29) is 6.10 Å². The van der Waals surface area contributed by atoms with Crippen molar-refractivity contribution in [3.63, 3.8) is 0 Å². The Morgan fingerprint density at radius 3 is 2.75 bits per heavy atom. The minimum Gasteiger partial charge on any atom is -0.375 e. The van der Waals surface area contributed by atoms with Gasteiger partial charge in [-0.25, -0.2) is 4.57 Å². The second kappa shape index (κ2) is 6.41. The van der Waals surface area contributed by atoms with Gasteiger partial charge in [0.15, 0.2) is 0 Å². The zero-order valence-corrected chi connectivity index (χ0v) is 11.9. The summed E-state index contributed by atoms with van der Waals surface area (Å²) in [4.78, 5) is 0. The van der Waals surface area contributed by atoms with Gasteiger partial charge in [-0.15, -0.1) is 0 Å². The van der Waals surface area contributed by atoms with Crippen LogP contribution in [-0.2, 0) is 18.3 Å². The van der Waals surface area contributed by atoms with Crippen LogP contribution in [0.4, 0.5) is 0 Å². The lowest BCUT2D eigenvalue weighted by molar-refractivity contribution is 0.0352. The largest absolute Gasteiger partial charge is 0.386 e. The summed E-state index contributed by atoms with van der Waals surface area (Å²) in [5, 5.41) is 0. The molecule has 0 spiro atoms. The fraction of sp³-hybridized carbons (Fsp3) is 1.00. The van der Waals surface area contributed by atoms with E-state index in [1.165, 1.54) is 0 Å². The molecule has 1 rings (SSSR count). The lowest BCUT2D eigenvalue weighted by atomic mass is 9.90. The third kappa shape index (κ3) is 4.38. The van der Waals surface area contributed by atoms with E-state index in [0.717, 1.165) is 13.0 Å². The lowest BCUT2D eigenvalue weighted by Crippen LogP contribution is -2.25. The van der Waals surface area contributed by atoms with Crippen LogP contribution in [-0.4, -0.2) is 25.9 Å². The summed E-state index contributed by atoms with van der Waals surface area (Å²) < 4.78 is 27.3. The molecule has 0 bridgehead atoms. The Kier molecular flexibility index (Phi) is 5.82. The minimum absolute atomic E-state index is 0.0148. The molecule has 0 radical (unpaired) electrons. The Hall–Kier alpha value is 0.460. The Morgan fingerprint density at radius 2 is 2.19 bits per heavy atom. The zero-order chi connectivity index (χ0) is 12.2.